The predicted octanol–water partition coefficient (Wildman–Crippen LogP) is 1.72. The zero-order valence-electron chi connectivity index (χ0n) is 9.20. The number of hydrogen-bond acceptors (Lipinski definition) is 2. The lowest BCUT2D eigenvalue weighted by Crippen LogP contribution is -2.53. The lowest BCUT2D eigenvalue weighted by molar-refractivity contribution is -0.141. The third-order valence-corrected chi connectivity index (χ3v) is 3.33. The Kier molecular flexibility index (Phi) is 3.79. The van der Waals surface area contributed by atoms with Crippen molar-refractivity contribution in [2.45, 2.75) is 18.9 Å². The van der Waals surface area contributed by atoms with Gasteiger partial charge in [0.15, 0.2) is 0 Å². The van der Waals surface area contributed by atoms with Gasteiger partial charge in [0.1, 0.15) is 5.82 Å². The second-order valence-corrected chi connectivity index (χ2v) is 5.10. The number of benzene rings is 1. The minimum Gasteiger partial charge on any atom is -0.389 e. The van der Waals surface area contributed by atoms with E-state index in [-0.39, 0.29) is 24.2 Å². The first-order valence-corrected chi connectivity index (χ1v) is 6.25. The maximum atomic E-state index is 13.5. The number of aliphatic hydroxyl groups is 1. The minimum absolute atomic E-state index is 0.0300. The fraction of sp³-hybridized carbons (Fsp3) is 0.417. The van der Waals surface area contributed by atoms with Gasteiger partial charge in [-0.25, -0.2) is 4.39 Å². The normalized spacial score (nSPS) is 15.8. The fourth-order valence-corrected chi connectivity index (χ4v) is 2.12. The molecular weight excluding hydrogens is 289 g/mol. The molecule has 0 saturated carbocycles. The van der Waals surface area contributed by atoms with Crippen molar-refractivity contribution in [3.8, 4) is 0 Å². The van der Waals surface area contributed by atoms with Crippen molar-refractivity contribution >= 4 is 21.8 Å². The van der Waals surface area contributed by atoms with E-state index >= 15 is 0 Å². The Hall–Kier alpha value is -0.940. The topological polar surface area (TPSA) is 40.5 Å². The van der Waals surface area contributed by atoms with Gasteiger partial charge in [-0.3, -0.25) is 4.79 Å². The van der Waals surface area contributed by atoms with Crippen LogP contribution in [0.5, 0.6) is 0 Å². The van der Waals surface area contributed by atoms with Gasteiger partial charge in [0.05, 0.1) is 6.10 Å². The number of hydrogen-bond donors (Lipinski definition) is 1. The molecule has 3 nitrogen and oxygen atoms in total. The van der Waals surface area contributed by atoms with E-state index < -0.39 is 0 Å². The zero-order valence-corrected chi connectivity index (χ0v) is 10.8. The van der Waals surface area contributed by atoms with Crippen LogP contribution in [0.2, 0.25) is 0 Å². The molecule has 2 rings (SSSR count). The minimum atomic E-state index is -0.386. The molecule has 0 bridgehead atoms. The van der Waals surface area contributed by atoms with E-state index in [0.717, 1.165) is 0 Å². The van der Waals surface area contributed by atoms with E-state index in [4.69, 9.17) is 5.11 Å². The summed E-state index contributed by atoms with van der Waals surface area (Å²) in [4.78, 5) is 13.2. The third-order valence-electron chi connectivity index (χ3n) is 2.84. The van der Waals surface area contributed by atoms with Crippen LogP contribution >= 0.6 is 15.9 Å². The first kappa shape index (κ1) is 12.5. The van der Waals surface area contributed by atoms with Crippen LogP contribution in [0.4, 0.5) is 4.39 Å². The number of rotatable bonds is 3. The molecule has 1 aromatic carbocycles. The Labute approximate surface area is 107 Å². The highest BCUT2D eigenvalue weighted by molar-refractivity contribution is 9.10. The Morgan fingerprint density at radius 1 is 1.53 bits per heavy atom. The second-order valence-electron chi connectivity index (χ2n) is 4.19. The Bertz CT molecular complexity index is 433. The van der Waals surface area contributed by atoms with E-state index in [1.165, 1.54) is 6.07 Å². The third kappa shape index (κ3) is 3.04. The van der Waals surface area contributed by atoms with E-state index in [2.05, 4.69) is 15.9 Å². The number of carbonyl (C=O) groups excluding carboxylic acids is 1. The largest absolute Gasteiger partial charge is 0.389 e. The van der Waals surface area contributed by atoms with E-state index in [1.54, 1.807) is 17.0 Å². The summed E-state index contributed by atoms with van der Waals surface area (Å²) in [5, 5.41) is 9.07. The van der Waals surface area contributed by atoms with Crippen molar-refractivity contribution < 1.29 is 14.3 Å². The standard InChI is InChI=1S/C12H13BrFNO2/c13-9-3-1-8(11(14)5-9)2-4-12(17)15-6-10(16)7-15/h1,3,5,10,16H,2,4,6-7H2. The molecule has 17 heavy (non-hydrogen) atoms. The van der Waals surface area contributed by atoms with Crippen molar-refractivity contribution in [1.29, 1.82) is 0 Å². The average Bonchev–Trinajstić information content (AvgIpc) is 2.23. The van der Waals surface area contributed by atoms with Crippen LogP contribution in [0.3, 0.4) is 0 Å². The SMILES string of the molecule is O=C(CCc1ccc(Br)cc1F)N1CC(O)C1. The molecule has 1 aliphatic heterocycles. The van der Waals surface area contributed by atoms with Gasteiger partial charge in [-0.05, 0) is 24.1 Å². The Morgan fingerprint density at radius 3 is 2.82 bits per heavy atom. The molecule has 1 amide bonds. The molecule has 1 saturated heterocycles. The first-order chi connectivity index (χ1) is 8.06. The van der Waals surface area contributed by atoms with Crippen LogP contribution in [0.1, 0.15) is 12.0 Å². The van der Waals surface area contributed by atoms with E-state index in [9.17, 15) is 9.18 Å². The summed E-state index contributed by atoms with van der Waals surface area (Å²) in [6.07, 6.45) is 0.291. The number of nitrogens with zero attached hydrogens (tertiary/aromatic N) is 1. The molecular formula is C12H13BrFNO2. The number of aliphatic hydroxyl groups excluding tert-OH is 1. The summed E-state index contributed by atoms with van der Waals surface area (Å²) >= 11 is 3.18. The maximum absolute atomic E-state index is 13.5. The average molecular weight is 302 g/mol. The molecule has 0 radical (unpaired) electrons. The smallest absolute Gasteiger partial charge is 0.223 e. The number of β-amino-alcohol motifs (C(OH)–C–C–N with tert-alkyl or cyclic N) is 1. The molecule has 0 spiro atoms. The van der Waals surface area contributed by atoms with Gasteiger partial charge < -0.3 is 10.0 Å². The molecule has 92 valence electrons. The molecule has 1 heterocycles. The summed E-state index contributed by atoms with van der Waals surface area (Å²) < 4.78 is 14.2. The molecule has 1 aliphatic rings. The lowest BCUT2D eigenvalue weighted by atomic mass is 10.1. The predicted molar refractivity (Wildman–Crippen MR) is 65.0 cm³/mol. The quantitative estimate of drug-likeness (QED) is 0.923. The Morgan fingerprint density at radius 2 is 2.24 bits per heavy atom. The zero-order chi connectivity index (χ0) is 12.4. The van der Waals surface area contributed by atoms with Gasteiger partial charge in [-0.15, -0.1) is 0 Å². The fourth-order valence-electron chi connectivity index (χ4n) is 1.78. The highest BCUT2D eigenvalue weighted by Crippen LogP contribution is 2.17. The van der Waals surface area contributed by atoms with Gasteiger partial charge in [-0.2, -0.15) is 0 Å². The highest BCUT2D eigenvalue weighted by Gasteiger charge is 2.28. The summed E-state index contributed by atoms with van der Waals surface area (Å²) in [6, 6.07) is 4.83. The molecule has 1 aromatic rings. The number of aryl methyl sites for hydroxylation is 1. The Balaban J connectivity index is 1.87. The van der Waals surface area contributed by atoms with Crippen molar-refractivity contribution in [3.05, 3.63) is 34.1 Å². The van der Waals surface area contributed by atoms with Crippen molar-refractivity contribution in [2.75, 3.05) is 13.1 Å². The number of carbonyl (C=O) groups is 1. The summed E-state index contributed by atoms with van der Waals surface area (Å²) in [5.41, 5.74) is 0.544. The first-order valence-electron chi connectivity index (χ1n) is 5.46. The van der Waals surface area contributed by atoms with Gasteiger partial charge in [0.2, 0.25) is 5.91 Å². The molecule has 1 fully saturated rings. The molecule has 0 atom stereocenters. The maximum Gasteiger partial charge on any atom is 0.223 e. The monoisotopic (exact) mass is 301 g/mol. The van der Waals surface area contributed by atoms with Crippen molar-refractivity contribution in [2.24, 2.45) is 0 Å². The molecule has 0 unspecified atom stereocenters. The van der Waals surface area contributed by atoms with Crippen LogP contribution in [0.15, 0.2) is 22.7 Å². The van der Waals surface area contributed by atoms with Crippen LogP contribution in [0.25, 0.3) is 0 Å². The lowest BCUT2D eigenvalue weighted by Gasteiger charge is -2.35. The van der Waals surface area contributed by atoms with Gasteiger partial charge >= 0.3 is 0 Å². The van der Waals surface area contributed by atoms with Crippen LogP contribution in [-0.2, 0) is 11.2 Å². The van der Waals surface area contributed by atoms with Crippen LogP contribution < -0.4 is 0 Å². The summed E-state index contributed by atoms with van der Waals surface area (Å²) in [5.74, 6) is -0.326. The van der Waals surface area contributed by atoms with Crippen molar-refractivity contribution in [1.82, 2.24) is 4.90 Å². The van der Waals surface area contributed by atoms with Gasteiger partial charge in [0, 0.05) is 24.0 Å². The molecule has 0 aliphatic carbocycles. The van der Waals surface area contributed by atoms with Crippen LogP contribution in [-0.4, -0.2) is 35.1 Å². The molecule has 1 N–H and O–H groups in total. The van der Waals surface area contributed by atoms with Gasteiger partial charge in [-0.1, -0.05) is 22.0 Å². The second kappa shape index (κ2) is 5.14. The summed E-state index contributed by atoms with van der Waals surface area (Å²) in [6.45, 7) is 0.809. The molecule has 5 heteroatoms. The number of likely N-dealkylation sites (tertiary alicyclic amines) is 1. The van der Waals surface area contributed by atoms with Crippen LogP contribution in [0, 0.1) is 5.82 Å². The van der Waals surface area contributed by atoms with Crippen molar-refractivity contribution in [3.63, 3.8) is 0 Å². The molecule has 0 aromatic heterocycles. The number of halogens is 2. The number of amides is 1. The van der Waals surface area contributed by atoms with Gasteiger partial charge in [0.25, 0.3) is 0 Å². The highest BCUT2D eigenvalue weighted by atomic mass is 79.9. The summed E-state index contributed by atoms with van der Waals surface area (Å²) in [7, 11) is 0. The van der Waals surface area contributed by atoms with E-state index in [1.807, 2.05) is 0 Å². The van der Waals surface area contributed by atoms with E-state index in [0.29, 0.717) is 29.5 Å².